The predicted octanol–water partition coefficient (Wildman–Crippen LogP) is 2.41. The fourth-order valence-electron chi connectivity index (χ4n) is 2.70. The molecule has 1 N–H and O–H groups in total. The summed E-state index contributed by atoms with van der Waals surface area (Å²) < 4.78 is 5.43. The molecule has 3 unspecified atom stereocenters. The number of carboxylic acid groups (broad SMARTS) is 1. The molecule has 0 aromatic heterocycles. The highest BCUT2D eigenvalue weighted by Gasteiger charge is 2.49. The maximum Gasteiger partial charge on any atom is 0.306 e. The zero-order valence-corrected chi connectivity index (χ0v) is 11.7. The van der Waals surface area contributed by atoms with E-state index in [1.54, 1.807) is 0 Å². The van der Waals surface area contributed by atoms with Gasteiger partial charge in [0.25, 0.3) is 0 Å². The van der Waals surface area contributed by atoms with Gasteiger partial charge >= 0.3 is 5.97 Å². The monoisotopic (exact) mass is 263 g/mol. The molecular formula is C15H21NO3. The SMILES string of the molecule is CCOc1ccc(C(C2CC2C(=O)O)N(C)C)cc1. The number of carbonyl (C=O) groups is 1. The molecule has 0 heterocycles. The normalized spacial score (nSPS) is 23.2. The van der Waals surface area contributed by atoms with Crippen molar-refractivity contribution in [3.8, 4) is 5.75 Å². The largest absolute Gasteiger partial charge is 0.494 e. The zero-order valence-electron chi connectivity index (χ0n) is 11.7. The van der Waals surface area contributed by atoms with Crippen molar-refractivity contribution >= 4 is 5.97 Å². The summed E-state index contributed by atoms with van der Waals surface area (Å²) in [4.78, 5) is 13.1. The number of ether oxygens (including phenoxy) is 1. The van der Waals surface area contributed by atoms with Gasteiger partial charge in [-0.25, -0.2) is 0 Å². The molecule has 19 heavy (non-hydrogen) atoms. The molecular weight excluding hydrogens is 242 g/mol. The van der Waals surface area contributed by atoms with Crippen LogP contribution in [0.15, 0.2) is 24.3 Å². The molecule has 1 aromatic rings. The first-order chi connectivity index (χ1) is 9.04. The van der Waals surface area contributed by atoms with E-state index >= 15 is 0 Å². The third-order valence-corrected chi connectivity index (χ3v) is 3.65. The summed E-state index contributed by atoms with van der Waals surface area (Å²) in [5.41, 5.74) is 1.15. The zero-order chi connectivity index (χ0) is 14.0. The van der Waals surface area contributed by atoms with Gasteiger partial charge in [0.2, 0.25) is 0 Å². The average Bonchev–Trinajstić information content (AvgIpc) is 3.12. The molecule has 0 saturated heterocycles. The lowest BCUT2D eigenvalue weighted by Gasteiger charge is -2.25. The highest BCUT2D eigenvalue weighted by atomic mass is 16.5. The van der Waals surface area contributed by atoms with E-state index in [-0.39, 0.29) is 17.9 Å². The molecule has 0 amide bonds. The van der Waals surface area contributed by atoms with Crippen LogP contribution in [0, 0.1) is 11.8 Å². The van der Waals surface area contributed by atoms with Crippen molar-refractivity contribution in [1.29, 1.82) is 0 Å². The number of hydrogen-bond donors (Lipinski definition) is 1. The van der Waals surface area contributed by atoms with Gasteiger partial charge in [-0.15, -0.1) is 0 Å². The Morgan fingerprint density at radius 1 is 1.42 bits per heavy atom. The van der Waals surface area contributed by atoms with Crippen LogP contribution in [0.25, 0.3) is 0 Å². The van der Waals surface area contributed by atoms with Crippen LogP contribution in [0.2, 0.25) is 0 Å². The summed E-state index contributed by atoms with van der Waals surface area (Å²) in [5.74, 6) is 0.196. The fraction of sp³-hybridized carbons (Fsp3) is 0.533. The molecule has 1 fully saturated rings. The van der Waals surface area contributed by atoms with E-state index in [0.717, 1.165) is 17.7 Å². The Kier molecular flexibility index (Phi) is 4.10. The lowest BCUT2D eigenvalue weighted by atomic mass is 10.00. The number of nitrogens with zero attached hydrogens (tertiary/aromatic N) is 1. The van der Waals surface area contributed by atoms with E-state index in [1.807, 2.05) is 45.3 Å². The smallest absolute Gasteiger partial charge is 0.306 e. The number of benzene rings is 1. The van der Waals surface area contributed by atoms with Crippen molar-refractivity contribution in [2.45, 2.75) is 19.4 Å². The first-order valence-electron chi connectivity index (χ1n) is 6.66. The molecule has 104 valence electrons. The highest BCUT2D eigenvalue weighted by Crippen LogP contribution is 2.49. The van der Waals surface area contributed by atoms with E-state index in [4.69, 9.17) is 9.84 Å². The van der Waals surface area contributed by atoms with Crippen molar-refractivity contribution in [2.24, 2.45) is 11.8 Å². The standard InChI is InChI=1S/C15H21NO3/c1-4-19-11-7-5-10(6-8-11)14(16(2)3)12-9-13(12)15(17)18/h5-8,12-14H,4,9H2,1-3H3,(H,17,18). The summed E-state index contributed by atoms with van der Waals surface area (Å²) in [7, 11) is 4.00. The molecule has 1 saturated carbocycles. The van der Waals surface area contributed by atoms with Gasteiger partial charge in [0.1, 0.15) is 5.75 Å². The van der Waals surface area contributed by atoms with Crippen LogP contribution in [0.5, 0.6) is 5.75 Å². The molecule has 0 bridgehead atoms. The molecule has 1 aromatic carbocycles. The molecule has 3 atom stereocenters. The minimum absolute atomic E-state index is 0.164. The third-order valence-electron chi connectivity index (χ3n) is 3.65. The van der Waals surface area contributed by atoms with Crippen molar-refractivity contribution in [2.75, 3.05) is 20.7 Å². The van der Waals surface area contributed by atoms with E-state index in [9.17, 15) is 4.79 Å². The molecule has 0 aliphatic heterocycles. The summed E-state index contributed by atoms with van der Waals surface area (Å²) in [6, 6.07) is 8.14. The quantitative estimate of drug-likeness (QED) is 0.856. The molecule has 0 spiro atoms. The minimum atomic E-state index is -0.678. The lowest BCUT2D eigenvalue weighted by Crippen LogP contribution is -2.23. The summed E-state index contributed by atoms with van der Waals surface area (Å²) >= 11 is 0. The highest BCUT2D eigenvalue weighted by molar-refractivity contribution is 5.73. The third kappa shape index (κ3) is 3.07. The molecule has 1 aliphatic rings. The van der Waals surface area contributed by atoms with Crippen LogP contribution in [0.1, 0.15) is 24.9 Å². The average molecular weight is 263 g/mol. The number of hydrogen-bond acceptors (Lipinski definition) is 3. The molecule has 2 rings (SSSR count). The van der Waals surface area contributed by atoms with E-state index < -0.39 is 5.97 Å². The van der Waals surface area contributed by atoms with Crippen LogP contribution < -0.4 is 4.74 Å². The second-order valence-electron chi connectivity index (χ2n) is 5.25. The van der Waals surface area contributed by atoms with Gasteiger partial charge in [0.05, 0.1) is 12.5 Å². The van der Waals surface area contributed by atoms with Gasteiger partial charge in [-0.2, -0.15) is 0 Å². The van der Waals surface area contributed by atoms with Gasteiger partial charge in [-0.1, -0.05) is 12.1 Å². The van der Waals surface area contributed by atoms with Crippen molar-refractivity contribution < 1.29 is 14.6 Å². The van der Waals surface area contributed by atoms with Crippen molar-refractivity contribution in [3.05, 3.63) is 29.8 Å². The summed E-state index contributed by atoms with van der Waals surface area (Å²) in [6.45, 7) is 2.61. The van der Waals surface area contributed by atoms with Gasteiger partial charge in [0.15, 0.2) is 0 Å². The van der Waals surface area contributed by atoms with E-state index in [1.165, 1.54) is 0 Å². The van der Waals surface area contributed by atoms with Gasteiger partial charge in [-0.05, 0) is 51.1 Å². The molecule has 1 aliphatic carbocycles. The minimum Gasteiger partial charge on any atom is -0.494 e. The Bertz CT molecular complexity index is 441. The lowest BCUT2D eigenvalue weighted by molar-refractivity contribution is -0.139. The van der Waals surface area contributed by atoms with Crippen molar-refractivity contribution in [3.63, 3.8) is 0 Å². The van der Waals surface area contributed by atoms with E-state index in [2.05, 4.69) is 4.90 Å². The second kappa shape index (κ2) is 5.61. The Morgan fingerprint density at radius 2 is 2.05 bits per heavy atom. The molecule has 4 nitrogen and oxygen atoms in total. The van der Waals surface area contributed by atoms with E-state index in [0.29, 0.717) is 6.61 Å². The molecule has 4 heteroatoms. The van der Waals surface area contributed by atoms with Gasteiger partial charge in [0, 0.05) is 6.04 Å². The predicted molar refractivity (Wildman–Crippen MR) is 73.3 cm³/mol. The summed E-state index contributed by atoms with van der Waals surface area (Å²) in [6.07, 6.45) is 0.769. The van der Waals surface area contributed by atoms with Crippen LogP contribution in [0.4, 0.5) is 0 Å². The Hall–Kier alpha value is -1.55. The number of aliphatic carboxylic acids is 1. The Balaban J connectivity index is 2.14. The van der Waals surface area contributed by atoms with Crippen LogP contribution in [-0.4, -0.2) is 36.7 Å². The maximum absolute atomic E-state index is 11.0. The number of carboxylic acids is 1. The van der Waals surface area contributed by atoms with Gasteiger partial charge in [-0.3, -0.25) is 4.79 Å². The molecule has 0 radical (unpaired) electrons. The fourth-order valence-corrected chi connectivity index (χ4v) is 2.70. The second-order valence-corrected chi connectivity index (χ2v) is 5.25. The maximum atomic E-state index is 11.0. The topological polar surface area (TPSA) is 49.8 Å². The van der Waals surface area contributed by atoms with Crippen LogP contribution in [0.3, 0.4) is 0 Å². The first-order valence-corrected chi connectivity index (χ1v) is 6.66. The van der Waals surface area contributed by atoms with Crippen LogP contribution >= 0.6 is 0 Å². The first kappa shape index (κ1) is 13.9. The number of rotatable bonds is 6. The Labute approximate surface area is 114 Å². The van der Waals surface area contributed by atoms with Gasteiger partial charge < -0.3 is 14.7 Å². The van der Waals surface area contributed by atoms with Crippen LogP contribution in [-0.2, 0) is 4.79 Å². The van der Waals surface area contributed by atoms with Crippen molar-refractivity contribution in [1.82, 2.24) is 4.90 Å². The Morgan fingerprint density at radius 3 is 2.47 bits per heavy atom. The summed E-state index contributed by atoms with van der Waals surface area (Å²) in [5, 5.41) is 9.08.